The summed E-state index contributed by atoms with van der Waals surface area (Å²) in [4.78, 5) is 0. The maximum absolute atomic E-state index is 13.1. The Morgan fingerprint density at radius 2 is 1.52 bits per heavy atom. The van der Waals surface area contributed by atoms with E-state index in [4.69, 9.17) is 9.47 Å². The fraction of sp³-hybridized carbons (Fsp3) is 0.742. The van der Waals surface area contributed by atoms with Crippen molar-refractivity contribution < 1.29 is 35.2 Å². The monoisotopic (exact) mass is 590 g/mol. The summed E-state index contributed by atoms with van der Waals surface area (Å²) in [5.74, 6) is 0.622. The summed E-state index contributed by atoms with van der Waals surface area (Å²) < 4.78 is 80.3. The van der Waals surface area contributed by atoms with Crippen LogP contribution in [-0.2, 0) is 14.3 Å². The van der Waals surface area contributed by atoms with Gasteiger partial charge >= 0.3 is 15.6 Å². The molecule has 0 N–H and O–H groups in total. The van der Waals surface area contributed by atoms with Crippen LogP contribution in [0.1, 0.15) is 119 Å². The third kappa shape index (κ3) is 7.89. The molecule has 9 heteroatoms. The zero-order valence-corrected chi connectivity index (χ0v) is 27.0. The molecule has 40 heavy (non-hydrogen) atoms. The number of alkyl halides is 3. The Morgan fingerprint density at radius 3 is 2.05 bits per heavy atom. The lowest BCUT2D eigenvalue weighted by Gasteiger charge is -2.51. The van der Waals surface area contributed by atoms with Crippen molar-refractivity contribution >= 4 is 15.9 Å². The van der Waals surface area contributed by atoms with Gasteiger partial charge in [0.15, 0.2) is 5.76 Å². The van der Waals surface area contributed by atoms with Gasteiger partial charge in [0.05, 0.1) is 5.56 Å². The first-order valence-corrected chi connectivity index (χ1v) is 15.6. The van der Waals surface area contributed by atoms with Crippen molar-refractivity contribution in [3.63, 3.8) is 0 Å². The molecular weight excluding hydrogens is 541 g/mol. The van der Waals surface area contributed by atoms with Crippen molar-refractivity contribution in [3.8, 4) is 11.5 Å². The minimum atomic E-state index is -5.86. The van der Waals surface area contributed by atoms with Crippen molar-refractivity contribution in [2.24, 2.45) is 16.7 Å². The second-order valence-corrected chi connectivity index (χ2v) is 15.3. The van der Waals surface area contributed by atoms with E-state index in [1.807, 2.05) is 0 Å². The van der Waals surface area contributed by atoms with Gasteiger partial charge < -0.3 is 13.7 Å². The van der Waals surface area contributed by atoms with E-state index in [0.29, 0.717) is 17.2 Å². The summed E-state index contributed by atoms with van der Waals surface area (Å²) in [7, 11) is -5.86. The summed E-state index contributed by atoms with van der Waals surface area (Å²) in [6, 6.07) is 3.29. The van der Waals surface area contributed by atoms with Crippen molar-refractivity contribution in [3.05, 3.63) is 29.3 Å². The van der Waals surface area contributed by atoms with E-state index in [1.165, 1.54) is 31.8 Å². The second-order valence-electron chi connectivity index (χ2n) is 13.8. The molecule has 2 rings (SSSR count). The second kappa shape index (κ2) is 11.8. The van der Waals surface area contributed by atoms with Gasteiger partial charge in [0, 0.05) is 17.6 Å². The standard InChI is InChI=1S/C31H49F3O5S/c1-12-13-14-15-16-17-25(27(3,4)5)29(8,9)30(10,11)37-22-18-21(2)26-23(19-22)38-28(6,7)20-24(26)39-40(35,36)31(32,33)34/h18-20,25H,12-17H2,1-11H3. The average Bonchev–Trinajstić information content (AvgIpc) is 2.72. The molecule has 1 unspecified atom stereocenters. The molecule has 230 valence electrons. The Hall–Kier alpha value is -1.90. The predicted molar refractivity (Wildman–Crippen MR) is 155 cm³/mol. The molecule has 1 aromatic rings. The van der Waals surface area contributed by atoms with Gasteiger partial charge in [-0.2, -0.15) is 21.6 Å². The number of hydrogen-bond acceptors (Lipinski definition) is 5. The molecule has 0 amide bonds. The van der Waals surface area contributed by atoms with Crippen LogP contribution in [0.3, 0.4) is 0 Å². The Morgan fingerprint density at radius 1 is 0.950 bits per heavy atom. The van der Waals surface area contributed by atoms with Crippen LogP contribution in [0.5, 0.6) is 11.5 Å². The molecule has 5 nitrogen and oxygen atoms in total. The number of halogens is 3. The average molecular weight is 591 g/mol. The van der Waals surface area contributed by atoms with E-state index in [2.05, 4.69) is 59.6 Å². The highest BCUT2D eigenvalue weighted by atomic mass is 32.2. The van der Waals surface area contributed by atoms with Crippen molar-refractivity contribution in [2.45, 2.75) is 131 Å². The minimum Gasteiger partial charge on any atom is -0.487 e. The highest BCUT2D eigenvalue weighted by Crippen LogP contribution is 2.51. The molecule has 0 aliphatic carbocycles. The topological polar surface area (TPSA) is 61.8 Å². The molecule has 0 saturated carbocycles. The fourth-order valence-electron chi connectivity index (χ4n) is 5.78. The smallest absolute Gasteiger partial charge is 0.487 e. The van der Waals surface area contributed by atoms with Crippen molar-refractivity contribution in [1.82, 2.24) is 0 Å². The number of rotatable bonds is 12. The van der Waals surface area contributed by atoms with Crippen LogP contribution in [-0.4, -0.2) is 25.1 Å². The molecule has 0 fully saturated rings. The van der Waals surface area contributed by atoms with Gasteiger partial charge in [0.25, 0.3) is 0 Å². The predicted octanol–water partition coefficient (Wildman–Crippen LogP) is 9.58. The lowest BCUT2D eigenvalue weighted by molar-refractivity contribution is -0.0823. The third-order valence-corrected chi connectivity index (χ3v) is 9.26. The number of fused-ring (bicyclic) bond motifs is 1. The molecule has 0 bridgehead atoms. The first-order chi connectivity index (χ1) is 18.0. The molecule has 0 aromatic heterocycles. The largest absolute Gasteiger partial charge is 0.534 e. The first-order valence-electron chi connectivity index (χ1n) is 14.2. The first kappa shape index (κ1) is 34.3. The molecule has 1 aliphatic heterocycles. The lowest BCUT2D eigenvalue weighted by Crippen LogP contribution is -2.52. The van der Waals surface area contributed by atoms with Gasteiger partial charge in [-0.25, -0.2) is 0 Å². The Balaban J connectivity index is 2.43. The summed E-state index contributed by atoms with van der Waals surface area (Å²) in [5, 5.41) is 0. The fourth-order valence-corrected chi connectivity index (χ4v) is 6.25. The van der Waals surface area contributed by atoms with E-state index in [0.717, 1.165) is 12.8 Å². The Labute approximate surface area is 240 Å². The zero-order chi connectivity index (χ0) is 30.9. The van der Waals surface area contributed by atoms with E-state index in [1.54, 1.807) is 32.9 Å². The van der Waals surface area contributed by atoms with Gasteiger partial charge in [0.2, 0.25) is 0 Å². The summed E-state index contributed by atoms with van der Waals surface area (Å²) in [6.45, 7) is 22.5. The molecule has 0 spiro atoms. The van der Waals surface area contributed by atoms with Gasteiger partial charge in [-0.3, -0.25) is 0 Å². The zero-order valence-electron chi connectivity index (χ0n) is 26.1. The van der Waals surface area contributed by atoms with Gasteiger partial charge in [-0.05, 0) is 64.0 Å². The number of unbranched alkanes of at least 4 members (excludes halogenated alkanes) is 4. The van der Waals surface area contributed by atoms with Crippen LogP contribution in [0.15, 0.2) is 18.2 Å². The highest BCUT2D eigenvalue weighted by molar-refractivity contribution is 7.87. The highest BCUT2D eigenvalue weighted by Gasteiger charge is 2.51. The van der Waals surface area contributed by atoms with Crippen molar-refractivity contribution in [1.29, 1.82) is 0 Å². The van der Waals surface area contributed by atoms with E-state index in [-0.39, 0.29) is 22.1 Å². The Kier molecular flexibility index (Phi) is 10.1. The van der Waals surface area contributed by atoms with Gasteiger partial charge in [0.1, 0.15) is 22.7 Å². The number of aryl methyl sites for hydroxylation is 1. The minimum absolute atomic E-state index is 0.0365. The van der Waals surface area contributed by atoms with Gasteiger partial charge in [-0.15, -0.1) is 0 Å². The van der Waals surface area contributed by atoms with Crippen LogP contribution in [0, 0.1) is 23.7 Å². The molecule has 1 aliphatic rings. The summed E-state index contributed by atoms with van der Waals surface area (Å²) >= 11 is 0. The van der Waals surface area contributed by atoms with Crippen LogP contribution >= 0.6 is 0 Å². The summed E-state index contributed by atoms with van der Waals surface area (Å²) in [5.41, 5.74) is -6.89. The van der Waals surface area contributed by atoms with Crippen LogP contribution in [0.25, 0.3) is 5.76 Å². The van der Waals surface area contributed by atoms with Crippen LogP contribution in [0.4, 0.5) is 13.2 Å². The summed E-state index contributed by atoms with van der Waals surface area (Å²) in [6.07, 6.45) is 8.37. The normalized spacial score (nSPS) is 17.0. The number of hydrogen-bond donors (Lipinski definition) is 0. The number of benzene rings is 1. The maximum atomic E-state index is 13.1. The van der Waals surface area contributed by atoms with Crippen molar-refractivity contribution in [2.75, 3.05) is 0 Å². The van der Waals surface area contributed by atoms with E-state index >= 15 is 0 Å². The van der Waals surface area contributed by atoms with Gasteiger partial charge in [-0.1, -0.05) is 73.6 Å². The molecule has 1 atom stereocenters. The van der Waals surface area contributed by atoms with E-state index in [9.17, 15) is 21.6 Å². The Bertz CT molecular complexity index is 1170. The third-order valence-electron chi connectivity index (χ3n) is 8.29. The molecule has 1 heterocycles. The molecule has 0 radical (unpaired) electrons. The SMILES string of the molecule is CCCCCCCC(C(C)(C)C)C(C)(C)C(C)(C)Oc1cc(C)c2c(c1)OC(C)(C)C=C2OS(=O)(=O)C(F)(F)F. The van der Waals surface area contributed by atoms with E-state index < -0.39 is 32.6 Å². The molecular formula is C31H49F3O5S. The lowest BCUT2D eigenvalue weighted by atomic mass is 9.58. The van der Waals surface area contributed by atoms with Crippen LogP contribution in [0.2, 0.25) is 0 Å². The molecule has 1 aromatic carbocycles. The van der Waals surface area contributed by atoms with Crippen LogP contribution < -0.4 is 9.47 Å². The quantitative estimate of drug-likeness (QED) is 0.138. The maximum Gasteiger partial charge on any atom is 0.534 e. The number of ether oxygens (including phenoxy) is 2. The molecule has 0 saturated heterocycles.